The van der Waals surface area contributed by atoms with Crippen LogP contribution < -0.4 is 5.32 Å². The van der Waals surface area contributed by atoms with E-state index in [4.69, 9.17) is 5.11 Å². The number of carboxylic acids is 1. The van der Waals surface area contributed by atoms with E-state index in [-0.39, 0.29) is 0 Å². The molecule has 0 saturated carbocycles. The maximum absolute atomic E-state index is 10.9. The molecule has 1 unspecified atom stereocenters. The van der Waals surface area contributed by atoms with Gasteiger partial charge in [-0.3, -0.25) is 4.79 Å². The molecule has 0 fully saturated rings. The maximum Gasteiger partial charge on any atom is 0.308 e. The fraction of sp³-hybridized carbons (Fsp3) is 0.308. The first-order valence-corrected chi connectivity index (χ1v) is 5.89. The number of para-hydroxylation sites is 1. The Hall–Kier alpha value is -2.17. The van der Waals surface area contributed by atoms with Crippen LogP contribution in [0.4, 0.5) is 5.95 Å². The summed E-state index contributed by atoms with van der Waals surface area (Å²) < 4.78 is 0. The number of anilines is 1. The van der Waals surface area contributed by atoms with Gasteiger partial charge in [0.15, 0.2) is 0 Å². The highest BCUT2D eigenvalue weighted by molar-refractivity contribution is 5.78. The molecule has 2 rings (SSSR count). The third-order valence-corrected chi connectivity index (χ3v) is 2.84. The van der Waals surface area contributed by atoms with Crippen molar-refractivity contribution in [2.75, 3.05) is 11.9 Å². The van der Waals surface area contributed by atoms with Crippen molar-refractivity contribution in [3.63, 3.8) is 0 Å². The number of carbonyl (C=O) groups is 1. The molecule has 0 aliphatic carbocycles. The fourth-order valence-electron chi connectivity index (χ4n) is 1.68. The topological polar surface area (TPSA) is 75.1 Å². The Labute approximate surface area is 105 Å². The molecule has 1 atom stereocenters. The highest BCUT2D eigenvalue weighted by Gasteiger charge is 2.14. The van der Waals surface area contributed by atoms with E-state index in [1.807, 2.05) is 31.2 Å². The summed E-state index contributed by atoms with van der Waals surface area (Å²) in [4.78, 5) is 19.4. The number of hydrogen-bond donors (Lipinski definition) is 2. The average Bonchev–Trinajstić information content (AvgIpc) is 2.39. The van der Waals surface area contributed by atoms with Crippen molar-refractivity contribution in [3.8, 4) is 0 Å². The summed E-state index contributed by atoms with van der Waals surface area (Å²) in [7, 11) is 0. The van der Waals surface area contributed by atoms with Gasteiger partial charge in [0.1, 0.15) is 0 Å². The van der Waals surface area contributed by atoms with Gasteiger partial charge in [0.25, 0.3) is 0 Å². The second-order valence-electron chi connectivity index (χ2n) is 4.08. The van der Waals surface area contributed by atoms with Crippen LogP contribution in [0.2, 0.25) is 0 Å². The van der Waals surface area contributed by atoms with Crippen LogP contribution in [0.15, 0.2) is 30.5 Å². The lowest BCUT2D eigenvalue weighted by Gasteiger charge is -2.10. The molecule has 0 bridgehead atoms. The second kappa shape index (κ2) is 5.44. The lowest BCUT2D eigenvalue weighted by molar-refractivity contribution is -0.141. The van der Waals surface area contributed by atoms with E-state index < -0.39 is 11.9 Å². The minimum Gasteiger partial charge on any atom is -0.481 e. The molecular formula is C13H15N3O2. The Kier molecular flexibility index (Phi) is 3.72. The van der Waals surface area contributed by atoms with Crippen molar-refractivity contribution < 1.29 is 9.90 Å². The van der Waals surface area contributed by atoms with Gasteiger partial charge in [0.05, 0.1) is 11.4 Å². The largest absolute Gasteiger partial charge is 0.481 e. The first-order chi connectivity index (χ1) is 8.70. The SMILES string of the molecule is CCC(CNc1ncc2ccccc2n1)C(=O)O. The number of nitrogens with one attached hydrogen (secondary N) is 1. The van der Waals surface area contributed by atoms with E-state index in [0.717, 1.165) is 10.9 Å². The van der Waals surface area contributed by atoms with E-state index in [1.165, 1.54) is 0 Å². The zero-order chi connectivity index (χ0) is 13.0. The molecule has 0 spiro atoms. The molecule has 0 radical (unpaired) electrons. The molecule has 5 nitrogen and oxygen atoms in total. The Morgan fingerprint density at radius 2 is 2.22 bits per heavy atom. The van der Waals surface area contributed by atoms with E-state index in [0.29, 0.717) is 18.9 Å². The average molecular weight is 245 g/mol. The van der Waals surface area contributed by atoms with Crippen LogP contribution in [0.5, 0.6) is 0 Å². The molecule has 0 saturated heterocycles. The summed E-state index contributed by atoms with van der Waals surface area (Å²) >= 11 is 0. The van der Waals surface area contributed by atoms with Gasteiger partial charge in [-0.25, -0.2) is 9.97 Å². The highest BCUT2D eigenvalue weighted by atomic mass is 16.4. The standard InChI is InChI=1S/C13H15N3O2/c1-2-9(12(17)18)7-14-13-15-8-10-5-3-4-6-11(10)16-13/h3-6,8-9H,2,7H2,1H3,(H,17,18)(H,14,15,16). The number of rotatable bonds is 5. The maximum atomic E-state index is 10.9. The lowest BCUT2D eigenvalue weighted by Crippen LogP contribution is -2.22. The molecule has 1 aromatic heterocycles. The van der Waals surface area contributed by atoms with Gasteiger partial charge < -0.3 is 10.4 Å². The van der Waals surface area contributed by atoms with Gasteiger partial charge in [-0.2, -0.15) is 0 Å². The summed E-state index contributed by atoms with van der Waals surface area (Å²) in [5.74, 6) is -0.751. The molecule has 5 heteroatoms. The number of carboxylic acid groups (broad SMARTS) is 1. The lowest BCUT2D eigenvalue weighted by atomic mass is 10.1. The highest BCUT2D eigenvalue weighted by Crippen LogP contribution is 2.12. The Morgan fingerprint density at radius 1 is 1.44 bits per heavy atom. The van der Waals surface area contributed by atoms with E-state index in [2.05, 4.69) is 15.3 Å². The predicted octanol–water partition coefficient (Wildman–Crippen LogP) is 2.15. The zero-order valence-electron chi connectivity index (χ0n) is 10.1. The van der Waals surface area contributed by atoms with Gasteiger partial charge in [0, 0.05) is 18.1 Å². The van der Waals surface area contributed by atoms with Gasteiger partial charge in [-0.15, -0.1) is 0 Å². The van der Waals surface area contributed by atoms with Crippen LogP contribution in [-0.4, -0.2) is 27.6 Å². The van der Waals surface area contributed by atoms with Crippen LogP contribution >= 0.6 is 0 Å². The number of aliphatic carboxylic acids is 1. The Bertz CT molecular complexity index is 557. The number of hydrogen-bond acceptors (Lipinski definition) is 4. The van der Waals surface area contributed by atoms with Gasteiger partial charge >= 0.3 is 5.97 Å². The summed E-state index contributed by atoms with van der Waals surface area (Å²) in [5.41, 5.74) is 0.846. The molecule has 18 heavy (non-hydrogen) atoms. The summed E-state index contributed by atoms with van der Waals surface area (Å²) in [6.45, 7) is 2.19. The van der Waals surface area contributed by atoms with Gasteiger partial charge in [0.2, 0.25) is 5.95 Å². The van der Waals surface area contributed by atoms with Crippen LogP contribution in [0.1, 0.15) is 13.3 Å². The minimum atomic E-state index is -0.800. The third-order valence-electron chi connectivity index (χ3n) is 2.84. The zero-order valence-corrected chi connectivity index (χ0v) is 10.1. The molecule has 0 aliphatic rings. The Balaban J connectivity index is 2.10. The van der Waals surface area contributed by atoms with Crippen LogP contribution in [0.25, 0.3) is 10.9 Å². The van der Waals surface area contributed by atoms with Crippen LogP contribution in [0.3, 0.4) is 0 Å². The quantitative estimate of drug-likeness (QED) is 0.844. The number of benzene rings is 1. The first kappa shape index (κ1) is 12.3. The molecule has 94 valence electrons. The summed E-state index contributed by atoms with van der Waals surface area (Å²) in [6.07, 6.45) is 2.31. The van der Waals surface area contributed by atoms with E-state index in [9.17, 15) is 4.79 Å². The molecule has 0 amide bonds. The smallest absolute Gasteiger partial charge is 0.308 e. The summed E-state index contributed by atoms with van der Waals surface area (Å²) in [5, 5.41) is 12.9. The van der Waals surface area contributed by atoms with E-state index >= 15 is 0 Å². The van der Waals surface area contributed by atoms with Crippen LogP contribution in [0, 0.1) is 5.92 Å². The normalized spacial score (nSPS) is 12.3. The molecule has 2 N–H and O–H groups in total. The van der Waals surface area contributed by atoms with Crippen molar-refractivity contribution in [1.82, 2.24) is 9.97 Å². The summed E-state index contributed by atoms with van der Waals surface area (Å²) in [6, 6.07) is 7.67. The molecule has 2 aromatic rings. The van der Waals surface area contributed by atoms with Crippen molar-refractivity contribution in [3.05, 3.63) is 30.5 Å². The minimum absolute atomic E-state index is 0.337. The number of fused-ring (bicyclic) bond motifs is 1. The van der Waals surface area contributed by atoms with Crippen molar-refractivity contribution in [2.24, 2.45) is 5.92 Å². The van der Waals surface area contributed by atoms with Crippen LogP contribution in [-0.2, 0) is 4.79 Å². The number of nitrogens with zero attached hydrogens (tertiary/aromatic N) is 2. The number of aromatic nitrogens is 2. The molecule has 1 heterocycles. The monoisotopic (exact) mass is 245 g/mol. The second-order valence-corrected chi connectivity index (χ2v) is 4.08. The van der Waals surface area contributed by atoms with Crippen molar-refractivity contribution in [2.45, 2.75) is 13.3 Å². The molecule has 0 aliphatic heterocycles. The first-order valence-electron chi connectivity index (χ1n) is 5.89. The van der Waals surface area contributed by atoms with E-state index in [1.54, 1.807) is 6.20 Å². The molecular weight excluding hydrogens is 230 g/mol. The fourth-order valence-corrected chi connectivity index (χ4v) is 1.68. The molecule has 1 aromatic carbocycles. The van der Waals surface area contributed by atoms with Gasteiger partial charge in [-0.05, 0) is 12.5 Å². The predicted molar refractivity (Wildman–Crippen MR) is 69.4 cm³/mol. The van der Waals surface area contributed by atoms with Crippen molar-refractivity contribution >= 4 is 22.8 Å². The van der Waals surface area contributed by atoms with Gasteiger partial charge in [-0.1, -0.05) is 25.1 Å². The third kappa shape index (κ3) is 2.74. The Morgan fingerprint density at radius 3 is 2.94 bits per heavy atom. The van der Waals surface area contributed by atoms with Crippen molar-refractivity contribution in [1.29, 1.82) is 0 Å².